The molecule has 11 heteroatoms. The second-order valence-corrected chi connectivity index (χ2v) is 3.94. The maximum absolute atomic E-state index is 13.2. The SMILES string of the molecule is COc1cc(F)c(F)cc1C(=O)C(F)(F)C(F)(F)C(F)(F)F. The lowest BCUT2D eigenvalue weighted by Gasteiger charge is -2.27. The second kappa shape index (κ2) is 5.36. The van der Waals surface area contributed by atoms with Gasteiger partial charge in [-0.15, -0.1) is 0 Å². The smallest absolute Gasteiger partial charge is 0.460 e. The molecule has 0 N–H and O–H groups in total. The minimum atomic E-state index is -6.74. The van der Waals surface area contributed by atoms with E-state index in [2.05, 4.69) is 4.74 Å². The van der Waals surface area contributed by atoms with Crippen molar-refractivity contribution in [2.24, 2.45) is 0 Å². The van der Waals surface area contributed by atoms with Crippen molar-refractivity contribution in [1.29, 1.82) is 0 Å². The Bertz CT molecular complexity index is 592. The van der Waals surface area contributed by atoms with Gasteiger partial charge in [0.05, 0.1) is 12.7 Å². The molecule has 1 aromatic rings. The van der Waals surface area contributed by atoms with Gasteiger partial charge in [-0.3, -0.25) is 4.79 Å². The van der Waals surface area contributed by atoms with Gasteiger partial charge in [0, 0.05) is 6.07 Å². The monoisotopic (exact) mass is 340 g/mol. The number of rotatable bonds is 4. The van der Waals surface area contributed by atoms with Crippen LogP contribution in [0.5, 0.6) is 5.75 Å². The maximum atomic E-state index is 13.2. The third kappa shape index (κ3) is 2.71. The van der Waals surface area contributed by atoms with Crippen LogP contribution in [0.2, 0.25) is 0 Å². The van der Waals surface area contributed by atoms with Crippen LogP contribution in [0.15, 0.2) is 12.1 Å². The van der Waals surface area contributed by atoms with Gasteiger partial charge >= 0.3 is 18.0 Å². The number of ether oxygens (including phenoxy) is 1. The lowest BCUT2D eigenvalue weighted by atomic mass is 9.99. The van der Waals surface area contributed by atoms with Crippen LogP contribution in [0.25, 0.3) is 0 Å². The molecule has 0 aromatic heterocycles. The average molecular weight is 340 g/mol. The Labute approximate surface area is 116 Å². The number of hydrogen-bond acceptors (Lipinski definition) is 2. The highest BCUT2D eigenvalue weighted by Gasteiger charge is 2.76. The zero-order valence-electron chi connectivity index (χ0n) is 10.4. The molecule has 2 nitrogen and oxygen atoms in total. The van der Waals surface area contributed by atoms with Gasteiger partial charge < -0.3 is 4.74 Å². The van der Waals surface area contributed by atoms with E-state index in [4.69, 9.17) is 0 Å². The Morgan fingerprint density at radius 2 is 1.41 bits per heavy atom. The molecule has 0 aliphatic rings. The number of alkyl halides is 7. The van der Waals surface area contributed by atoms with Crippen LogP contribution >= 0.6 is 0 Å². The van der Waals surface area contributed by atoms with E-state index in [1.165, 1.54) is 0 Å². The van der Waals surface area contributed by atoms with Crippen molar-refractivity contribution in [3.63, 3.8) is 0 Å². The molecule has 0 spiro atoms. The second-order valence-electron chi connectivity index (χ2n) is 3.94. The number of benzene rings is 1. The van der Waals surface area contributed by atoms with Crippen LogP contribution in [0.3, 0.4) is 0 Å². The van der Waals surface area contributed by atoms with Crippen molar-refractivity contribution in [2.45, 2.75) is 18.0 Å². The highest BCUT2D eigenvalue weighted by atomic mass is 19.4. The summed E-state index contributed by atoms with van der Waals surface area (Å²) < 4.78 is 118. The van der Waals surface area contributed by atoms with E-state index in [0.717, 1.165) is 0 Å². The Morgan fingerprint density at radius 1 is 0.955 bits per heavy atom. The first kappa shape index (κ1) is 18.1. The molecule has 1 aromatic carbocycles. The summed E-state index contributed by atoms with van der Waals surface area (Å²) >= 11 is 0. The summed E-state index contributed by atoms with van der Waals surface area (Å²) in [6.07, 6.45) is -6.74. The normalized spacial score (nSPS) is 13.2. The molecule has 0 aliphatic heterocycles. The van der Waals surface area contributed by atoms with E-state index >= 15 is 0 Å². The van der Waals surface area contributed by atoms with E-state index in [1.807, 2.05) is 0 Å². The number of hydrogen-bond donors (Lipinski definition) is 0. The summed E-state index contributed by atoms with van der Waals surface area (Å²) in [5, 5.41) is 0. The topological polar surface area (TPSA) is 26.3 Å². The number of halogens is 9. The van der Waals surface area contributed by atoms with Gasteiger partial charge in [0.25, 0.3) is 0 Å². The first-order valence-corrected chi connectivity index (χ1v) is 5.17. The number of Topliss-reactive ketones (excluding diaryl/α,β-unsaturated/α-hetero) is 1. The predicted octanol–water partition coefficient (Wildman–Crippen LogP) is 3.99. The largest absolute Gasteiger partial charge is 0.496 e. The lowest BCUT2D eigenvalue weighted by molar-refractivity contribution is -0.339. The van der Waals surface area contributed by atoms with Gasteiger partial charge in [0.15, 0.2) is 11.6 Å². The van der Waals surface area contributed by atoms with E-state index in [-0.39, 0.29) is 12.1 Å². The van der Waals surface area contributed by atoms with Crippen LogP contribution in [0.4, 0.5) is 39.5 Å². The molecule has 0 saturated carbocycles. The average Bonchev–Trinajstić information content (AvgIpc) is 2.38. The van der Waals surface area contributed by atoms with E-state index in [0.29, 0.717) is 7.11 Å². The fourth-order valence-electron chi connectivity index (χ4n) is 1.36. The summed E-state index contributed by atoms with van der Waals surface area (Å²) in [6, 6.07) is -0.193. The van der Waals surface area contributed by atoms with Crippen LogP contribution in [-0.4, -0.2) is 30.9 Å². The summed E-state index contributed by atoms with van der Waals surface area (Å²) in [5.74, 6) is -20.7. The summed E-state index contributed by atoms with van der Waals surface area (Å²) in [7, 11) is 0.684. The Morgan fingerprint density at radius 3 is 1.82 bits per heavy atom. The Hall–Kier alpha value is -1.94. The fourth-order valence-corrected chi connectivity index (χ4v) is 1.36. The minimum Gasteiger partial charge on any atom is -0.496 e. The molecule has 0 atom stereocenters. The lowest BCUT2D eigenvalue weighted by Crippen LogP contribution is -2.56. The third-order valence-electron chi connectivity index (χ3n) is 2.52. The zero-order chi connectivity index (χ0) is 17.5. The van der Waals surface area contributed by atoms with Crippen molar-refractivity contribution in [3.05, 3.63) is 29.3 Å². The minimum absolute atomic E-state index is 0.0599. The summed E-state index contributed by atoms with van der Waals surface area (Å²) in [5.41, 5.74) is -1.66. The molecular formula is C11H5F9O2. The molecule has 124 valence electrons. The Kier molecular flexibility index (Phi) is 4.41. The Balaban J connectivity index is 3.46. The molecule has 0 saturated heterocycles. The maximum Gasteiger partial charge on any atom is 0.460 e. The standard InChI is InChI=1S/C11H5F9O2/c1-22-7-3-6(13)5(12)2-4(7)8(21)9(14,15)10(16,17)11(18,19)20/h2-3H,1H3. The number of carbonyl (C=O) groups excluding carboxylic acids is 1. The van der Waals surface area contributed by atoms with Crippen LogP contribution in [0, 0.1) is 11.6 Å². The van der Waals surface area contributed by atoms with Gasteiger partial charge in [0.1, 0.15) is 5.75 Å². The number of carbonyl (C=O) groups is 1. The van der Waals surface area contributed by atoms with Crippen LogP contribution in [-0.2, 0) is 0 Å². The molecule has 0 amide bonds. The van der Waals surface area contributed by atoms with E-state index in [1.54, 1.807) is 0 Å². The van der Waals surface area contributed by atoms with Crippen molar-refractivity contribution in [3.8, 4) is 5.75 Å². The zero-order valence-corrected chi connectivity index (χ0v) is 10.4. The fraction of sp³-hybridized carbons (Fsp3) is 0.364. The summed E-state index contributed by atoms with van der Waals surface area (Å²) in [4.78, 5) is 11.3. The van der Waals surface area contributed by atoms with Crippen molar-refractivity contribution in [1.82, 2.24) is 0 Å². The molecule has 22 heavy (non-hydrogen) atoms. The molecular weight excluding hydrogens is 335 g/mol. The summed E-state index contributed by atoms with van der Waals surface area (Å²) in [6.45, 7) is 0. The predicted molar refractivity (Wildman–Crippen MR) is 53.2 cm³/mol. The van der Waals surface area contributed by atoms with Crippen molar-refractivity contribution in [2.75, 3.05) is 7.11 Å². The van der Waals surface area contributed by atoms with Crippen LogP contribution < -0.4 is 4.74 Å². The van der Waals surface area contributed by atoms with Gasteiger partial charge in [-0.1, -0.05) is 0 Å². The highest BCUT2D eigenvalue weighted by molar-refractivity contribution is 6.04. The molecule has 0 aliphatic carbocycles. The molecule has 0 fully saturated rings. The molecule has 0 unspecified atom stereocenters. The molecule has 1 rings (SSSR count). The van der Waals surface area contributed by atoms with Gasteiger partial charge in [-0.25, -0.2) is 8.78 Å². The highest BCUT2D eigenvalue weighted by Crippen LogP contribution is 2.48. The van der Waals surface area contributed by atoms with E-state index in [9.17, 15) is 44.3 Å². The quantitative estimate of drug-likeness (QED) is 0.612. The first-order valence-electron chi connectivity index (χ1n) is 5.17. The van der Waals surface area contributed by atoms with Crippen molar-refractivity contribution < 1.29 is 49.0 Å². The third-order valence-corrected chi connectivity index (χ3v) is 2.52. The van der Waals surface area contributed by atoms with Gasteiger partial charge in [0.2, 0.25) is 5.78 Å². The molecule has 0 radical (unpaired) electrons. The number of methoxy groups -OCH3 is 1. The number of ketones is 1. The molecule has 0 bridgehead atoms. The van der Waals surface area contributed by atoms with Gasteiger partial charge in [-0.2, -0.15) is 30.7 Å². The van der Waals surface area contributed by atoms with Crippen molar-refractivity contribution >= 4 is 5.78 Å². The first-order chi connectivity index (χ1) is 9.77. The van der Waals surface area contributed by atoms with Crippen LogP contribution in [0.1, 0.15) is 10.4 Å². The molecule has 0 heterocycles. The van der Waals surface area contributed by atoms with Gasteiger partial charge in [-0.05, 0) is 6.07 Å². The van der Waals surface area contributed by atoms with E-state index < -0.39 is 46.8 Å².